The predicted molar refractivity (Wildman–Crippen MR) is 120 cm³/mol. The van der Waals surface area contributed by atoms with Gasteiger partial charge in [0.25, 0.3) is 0 Å². The van der Waals surface area contributed by atoms with Crippen molar-refractivity contribution in [3.63, 3.8) is 0 Å². The normalized spacial score (nSPS) is 28.7. The molecule has 3 atom stereocenters. The smallest absolute Gasteiger partial charge is 0.227 e. The Morgan fingerprint density at radius 2 is 1.28 bits per heavy atom. The summed E-state index contributed by atoms with van der Waals surface area (Å²) in [5.41, 5.74) is -0.481. The molecule has 0 spiro atoms. The third-order valence-corrected chi connectivity index (χ3v) is 7.11. The lowest BCUT2D eigenvalue weighted by atomic mass is 9.70. The highest BCUT2D eigenvalue weighted by molar-refractivity contribution is 4.90. The third-order valence-electron chi connectivity index (χ3n) is 7.11. The Labute approximate surface area is 181 Å². The molecule has 1 aliphatic rings. The maximum atomic E-state index is 6.27. The lowest BCUT2D eigenvalue weighted by Crippen LogP contribution is -2.52. The average Bonchev–Trinajstić information content (AvgIpc) is 2.70. The van der Waals surface area contributed by atoms with E-state index in [-0.39, 0.29) is 22.5 Å². The zero-order chi connectivity index (χ0) is 22.2. The van der Waals surface area contributed by atoms with Crippen LogP contribution in [0.4, 0.5) is 0 Å². The Balaban J connectivity index is 3.00. The van der Waals surface area contributed by atoms with E-state index in [1.54, 1.807) is 0 Å². The van der Waals surface area contributed by atoms with E-state index in [9.17, 15) is 0 Å². The molecule has 0 aromatic rings. The fourth-order valence-corrected chi connectivity index (χ4v) is 3.99. The minimum absolute atomic E-state index is 0.122. The van der Waals surface area contributed by atoms with Crippen LogP contribution in [0.25, 0.3) is 0 Å². The van der Waals surface area contributed by atoms with E-state index in [2.05, 4.69) is 62.3 Å². The van der Waals surface area contributed by atoms with E-state index in [4.69, 9.17) is 19.6 Å². The van der Waals surface area contributed by atoms with Crippen molar-refractivity contribution < 1.29 is 19.6 Å². The zero-order valence-corrected chi connectivity index (χ0v) is 21.0. The maximum Gasteiger partial charge on any atom is 0.237 e. The van der Waals surface area contributed by atoms with Gasteiger partial charge in [0.15, 0.2) is 0 Å². The molecule has 0 bridgehead atoms. The van der Waals surface area contributed by atoms with Crippen molar-refractivity contribution in [3.8, 4) is 0 Å². The number of rotatable bonds is 14. The predicted octanol–water partition coefficient (Wildman–Crippen LogP) is 8.14. The van der Waals surface area contributed by atoms with Crippen molar-refractivity contribution in [1.82, 2.24) is 0 Å². The summed E-state index contributed by atoms with van der Waals surface area (Å²) < 4.78 is 0. The van der Waals surface area contributed by atoms with Crippen LogP contribution in [0.15, 0.2) is 0 Å². The minimum atomic E-state index is -0.868. The minimum Gasteiger partial charge on any atom is -0.227 e. The fraction of sp³-hybridized carbons (Fsp3) is 1.00. The summed E-state index contributed by atoms with van der Waals surface area (Å²) in [6.07, 6.45) is 11.3. The van der Waals surface area contributed by atoms with E-state index in [0.29, 0.717) is 0 Å². The molecule has 3 unspecified atom stereocenters. The molecule has 1 rings (SSSR count). The Morgan fingerprint density at radius 3 is 1.66 bits per heavy atom. The average molecular weight is 415 g/mol. The quantitative estimate of drug-likeness (QED) is 0.163. The Morgan fingerprint density at radius 1 is 0.828 bits per heavy atom. The highest BCUT2D eigenvalue weighted by atomic mass is 17.3. The molecule has 4 heteroatoms. The largest absolute Gasteiger partial charge is 0.237 e. The van der Waals surface area contributed by atoms with Crippen molar-refractivity contribution in [1.29, 1.82) is 0 Å². The molecule has 0 heterocycles. The van der Waals surface area contributed by atoms with Crippen molar-refractivity contribution >= 4 is 0 Å². The van der Waals surface area contributed by atoms with Crippen LogP contribution in [0, 0.1) is 11.3 Å². The molecule has 0 saturated heterocycles. The van der Waals surface area contributed by atoms with Gasteiger partial charge in [-0.3, -0.25) is 0 Å². The highest BCUT2D eigenvalue weighted by Crippen LogP contribution is 2.48. The summed E-state index contributed by atoms with van der Waals surface area (Å²) in [6, 6.07) is 0. The molecule has 0 aromatic carbocycles. The molecule has 174 valence electrons. The number of hydrogen-bond acceptors (Lipinski definition) is 4. The number of unbranched alkanes of at least 4 members (excludes halogenated alkanes) is 2. The van der Waals surface area contributed by atoms with E-state index in [1.165, 1.54) is 0 Å². The maximum absolute atomic E-state index is 6.27. The van der Waals surface area contributed by atoms with Gasteiger partial charge < -0.3 is 0 Å². The molecule has 1 aliphatic carbocycles. The summed E-state index contributed by atoms with van der Waals surface area (Å²) in [7, 11) is 0. The van der Waals surface area contributed by atoms with Crippen LogP contribution in [-0.2, 0) is 19.6 Å². The van der Waals surface area contributed by atoms with Crippen molar-refractivity contribution in [3.05, 3.63) is 0 Å². The Kier molecular flexibility index (Phi) is 10.6. The van der Waals surface area contributed by atoms with Crippen LogP contribution < -0.4 is 0 Å². The summed E-state index contributed by atoms with van der Waals surface area (Å²) >= 11 is 0. The number of hydrogen-bond donors (Lipinski definition) is 0. The van der Waals surface area contributed by atoms with Crippen LogP contribution in [-0.4, -0.2) is 17.0 Å². The van der Waals surface area contributed by atoms with Gasteiger partial charge in [-0.2, -0.15) is 9.78 Å². The lowest BCUT2D eigenvalue weighted by molar-refractivity contribution is -0.563. The van der Waals surface area contributed by atoms with Crippen molar-refractivity contribution in [2.45, 2.75) is 150 Å². The second-order valence-corrected chi connectivity index (χ2v) is 10.7. The van der Waals surface area contributed by atoms with Gasteiger partial charge in [0.1, 0.15) is 11.2 Å². The highest BCUT2D eigenvalue weighted by Gasteiger charge is 2.51. The van der Waals surface area contributed by atoms with Crippen LogP contribution in [0.5, 0.6) is 0 Å². The van der Waals surface area contributed by atoms with Crippen LogP contribution in [0.2, 0.25) is 0 Å². The van der Waals surface area contributed by atoms with Gasteiger partial charge in [-0.15, -0.1) is 0 Å². The van der Waals surface area contributed by atoms with Gasteiger partial charge in [-0.25, -0.2) is 9.78 Å². The monoisotopic (exact) mass is 414 g/mol. The summed E-state index contributed by atoms with van der Waals surface area (Å²) in [4.78, 5) is 24.9. The molecular formula is C25H50O4. The van der Waals surface area contributed by atoms with Gasteiger partial charge in [0, 0.05) is 12.3 Å². The molecule has 0 amide bonds. The van der Waals surface area contributed by atoms with Gasteiger partial charge in [-0.05, 0) is 57.8 Å². The molecule has 0 aromatic heterocycles. The van der Waals surface area contributed by atoms with Crippen molar-refractivity contribution in [2.24, 2.45) is 11.3 Å². The molecule has 0 radical (unpaired) electrons. The zero-order valence-electron chi connectivity index (χ0n) is 21.0. The van der Waals surface area contributed by atoms with Gasteiger partial charge in [-0.1, -0.05) is 74.1 Å². The summed E-state index contributed by atoms with van der Waals surface area (Å²) in [5, 5.41) is 0. The first kappa shape index (κ1) is 26.9. The van der Waals surface area contributed by atoms with E-state index in [1.807, 2.05) is 0 Å². The second kappa shape index (κ2) is 11.5. The first-order valence-corrected chi connectivity index (χ1v) is 12.2. The van der Waals surface area contributed by atoms with Crippen LogP contribution in [0.1, 0.15) is 133 Å². The van der Waals surface area contributed by atoms with Crippen LogP contribution >= 0.6 is 0 Å². The van der Waals surface area contributed by atoms with Gasteiger partial charge in [0.2, 0.25) is 5.79 Å². The van der Waals surface area contributed by atoms with Crippen LogP contribution in [0.3, 0.4) is 0 Å². The lowest BCUT2D eigenvalue weighted by Gasteiger charge is -2.48. The SMILES string of the molecule is CCCCC(C)(CC)OOC1(OOC(C)(CC)CCCC)CC(C)(C)CCC1C. The topological polar surface area (TPSA) is 36.9 Å². The van der Waals surface area contributed by atoms with Gasteiger partial charge >= 0.3 is 0 Å². The Bertz CT molecular complexity index is 438. The summed E-state index contributed by atoms with van der Waals surface area (Å²) in [5.74, 6) is -0.664. The molecule has 4 nitrogen and oxygen atoms in total. The molecule has 29 heavy (non-hydrogen) atoms. The standard InChI is InChI=1S/C25H50O4/c1-10-14-17-23(8,12-3)26-28-25(20-22(6,7)19-16-21(25)5)29-27-24(9,13-4)18-15-11-2/h21H,10-20H2,1-9H3. The van der Waals surface area contributed by atoms with E-state index < -0.39 is 5.79 Å². The first-order valence-electron chi connectivity index (χ1n) is 12.2. The van der Waals surface area contributed by atoms with Gasteiger partial charge in [0.05, 0.1) is 0 Å². The third kappa shape index (κ3) is 8.12. The molecular weight excluding hydrogens is 364 g/mol. The van der Waals surface area contributed by atoms with E-state index >= 15 is 0 Å². The molecule has 0 aliphatic heterocycles. The molecule has 0 N–H and O–H groups in total. The molecule has 1 saturated carbocycles. The molecule has 1 fully saturated rings. The second-order valence-electron chi connectivity index (χ2n) is 10.7. The fourth-order valence-electron chi connectivity index (χ4n) is 3.99. The van der Waals surface area contributed by atoms with E-state index in [0.717, 1.165) is 70.6 Å². The summed E-state index contributed by atoms with van der Waals surface area (Å²) in [6.45, 7) is 19.8. The Hall–Kier alpha value is -0.160. The first-order chi connectivity index (χ1) is 13.5. The van der Waals surface area contributed by atoms with Crippen molar-refractivity contribution in [2.75, 3.05) is 0 Å².